The van der Waals surface area contributed by atoms with Crippen LogP contribution in [0.25, 0.3) is 0 Å². The van der Waals surface area contributed by atoms with E-state index in [0.29, 0.717) is 37.6 Å². The van der Waals surface area contributed by atoms with Gasteiger partial charge in [0.1, 0.15) is 0 Å². The van der Waals surface area contributed by atoms with E-state index >= 15 is 4.79 Å². The summed E-state index contributed by atoms with van der Waals surface area (Å²) in [6.45, 7) is 0.0679. The molecule has 2 N–H and O–H groups in total. The number of ether oxygens (including phenoxy) is 1. The van der Waals surface area contributed by atoms with Crippen molar-refractivity contribution >= 4 is 75.2 Å². The SMILES string of the molecule is COc1cc(C2C3=CCC4C(=O)N(Cc5ccccc5)C(=O)C4C3CC3C(=O)N(Nc4ncc(C(F)(F)F)cc4Cl)C(=O)C32c2ccc(Cl)cc2)cc(I)c1O. The number of rotatable bonds is 7. The molecule has 1 aromatic heterocycles. The lowest BCUT2D eigenvalue weighted by Crippen LogP contribution is -2.53. The molecular weight excluding hydrogens is 887 g/mol. The maximum absolute atomic E-state index is 15.4. The van der Waals surface area contributed by atoms with Crippen molar-refractivity contribution < 1.29 is 42.2 Å². The van der Waals surface area contributed by atoms with E-state index in [2.05, 4.69) is 10.4 Å². The maximum atomic E-state index is 15.4. The normalized spacial score (nSPS) is 25.8. The Morgan fingerprint density at radius 2 is 1.70 bits per heavy atom. The van der Waals surface area contributed by atoms with Crippen LogP contribution in [0.2, 0.25) is 10.0 Å². The Morgan fingerprint density at radius 1 is 0.982 bits per heavy atom. The number of aromatic nitrogens is 1. The van der Waals surface area contributed by atoms with Crippen LogP contribution in [0, 0.1) is 27.2 Å². The summed E-state index contributed by atoms with van der Waals surface area (Å²) in [5, 5.41) is 11.5. The number of carbonyl (C=O) groups is 4. The summed E-state index contributed by atoms with van der Waals surface area (Å²) < 4.78 is 46.4. The number of aromatic hydroxyl groups is 1. The van der Waals surface area contributed by atoms with Gasteiger partial charge in [-0.25, -0.2) is 4.98 Å². The van der Waals surface area contributed by atoms with Gasteiger partial charge < -0.3 is 9.84 Å². The summed E-state index contributed by atoms with van der Waals surface area (Å²) in [6, 6.07) is 19.5. The van der Waals surface area contributed by atoms with E-state index in [1.54, 1.807) is 36.4 Å². The zero-order valence-corrected chi connectivity index (χ0v) is 32.9. The number of hydrogen-bond donors (Lipinski definition) is 2. The van der Waals surface area contributed by atoms with Crippen LogP contribution < -0.4 is 10.2 Å². The Labute approximate surface area is 341 Å². The van der Waals surface area contributed by atoms with Gasteiger partial charge in [-0.05, 0) is 88.4 Å². The van der Waals surface area contributed by atoms with Crippen LogP contribution in [0.5, 0.6) is 11.5 Å². The van der Waals surface area contributed by atoms with E-state index in [9.17, 15) is 32.7 Å². The molecule has 4 aromatic rings. The second-order valence-electron chi connectivity index (χ2n) is 14.2. The predicted molar refractivity (Wildman–Crippen MR) is 206 cm³/mol. The van der Waals surface area contributed by atoms with Gasteiger partial charge >= 0.3 is 6.18 Å². The third-order valence-corrected chi connectivity index (χ3v) is 12.8. The minimum Gasteiger partial charge on any atom is -0.504 e. The van der Waals surface area contributed by atoms with Crippen LogP contribution >= 0.6 is 45.8 Å². The summed E-state index contributed by atoms with van der Waals surface area (Å²) in [5.41, 5.74) is 2.04. The standard InChI is InChI=1S/C40H30Cl2F3IN4O6/c1-56-30-14-20(13-29(46)33(30)51)32-24-11-12-25-31(37(54)49(35(25)52)18-19-5-3-2-4-6-19)26(24)16-27-36(53)50(38(55)39(27,32)21-7-9-23(41)10-8-21)48-34-28(42)15-22(17-47-34)40(43,44)45/h2-11,13-15,17,25-27,31-32,51H,12,16,18H2,1H3,(H,47,48). The average molecular weight is 918 g/mol. The molecule has 0 bridgehead atoms. The zero-order valence-electron chi connectivity index (χ0n) is 29.2. The van der Waals surface area contributed by atoms with Gasteiger partial charge in [-0.15, -0.1) is 0 Å². The molecule has 3 heterocycles. The lowest BCUT2D eigenvalue weighted by molar-refractivity contribution is -0.142. The van der Waals surface area contributed by atoms with Gasteiger partial charge in [-0.3, -0.25) is 29.5 Å². The molecule has 6 unspecified atom stereocenters. The van der Waals surface area contributed by atoms with Crippen LogP contribution in [0.3, 0.4) is 0 Å². The molecule has 4 aliphatic rings. The highest BCUT2D eigenvalue weighted by atomic mass is 127. The Bertz CT molecular complexity index is 2350. The smallest absolute Gasteiger partial charge is 0.417 e. The van der Waals surface area contributed by atoms with Crippen molar-refractivity contribution in [2.75, 3.05) is 12.5 Å². The summed E-state index contributed by atoms with van der Waals surface area (Å²) in [5.74, 6) is -7.07. The molecule has 8 rings (SSSR count). The minimum atomic E-state index is -4.75. The molecule has 3 aromatic carbocycles. The number of phenols is 1. The van der Waals surface area contributed by atoms with Crippen molar-refractivity contribution in [1.29, 1.82) is 0 Å². The number of imide groups is 2. The first-order chi connectivity index (χ1) is 26.7. The maximum Gasteiger partial charge on any atom is 0.417 e. The average Bonchev–Trinajstić information content (AvgIpc) is 3.54. The number of halogens is 6. The quantitative estimate of drug-likeness (QED) is 0.109. The number of hydrazine groups is 1. The molecule has 16 heteroatoms. The number of nitrogens with one attached hydrogen (secondary N) is 1. The Morgan fingerprint density at radius 3 is 2.36 bits per heavy atom. The summed E-state index contributed by atoms with van der Waals surface area (Å²) in [6.07, 6.45) is -2.18. The molecule has 6 atom stereocenters. The van der Waals surface area contributed by atoms with Crippen molar-refractivity contribution in [1.82, 2.24) is 14.9 Å². The molecule has 2 saturated heterocycles. The minimum absolute atomic E-state index is 0.0342. The number of methoxy groups -OCH3 is 1. The Hall–Kier alpha value is -4.67. The fourth-order valence-corrected chi connectivity index (χ4v) is 10.0. The fraction of sp³-hybridized carbons (Fsp3) is 0.275. The Balaban J connectivity index is 1.31. The molecule has 1 saturated carbocycles. The highest BCUT2D eigenvalue weighted by Crippen LogP contribution is 2.64. The molecule has 288 valence electrons. The third kappa shape index (κ3) is 5.94. The van der Waals surface area contributed by atoms with Crippen molar-refractivity contribution in [2.45, 2.75) is 36.9 Å². The summed E-state index contributed by atoms with van der Waals surface area (Å²) >= 11 is 14.6. The van der Waals surface area contributed by atoms with E-state index in [0.717, 1.165) is 10.6 Å². The largest absolute Gasteiger partial charge is 0.504 e. The number of amides is 4. The number of pyridine rings is 1. The monoisotopic (exact) mass is 916 g/mol. The number of carbonyl (C=O) groups excluding carboxylic acids is 4. The fourth-order valence-electron chi connectivity index (χ4n) is 9.06. The van der Waals surface area contributed by atoms with Gasteiger partial charge in [0, 0.05) is 17.1 Å². The van der Waals surface area contributed by atoms with Crippen molar-refractivity contribution in [3.05, 3.63) is 127 Å². The van der Waals surface area contributed by atoms with Gasteiger partial charge in [0.2, 0.25) is 11.8 Å². The first kappa shape index (κ1) is 38.2. The van der Waals surface area contributed by atoms with E-state index in [1.807, 2.05) is 59.0 Å². The van der Waals surface area contributed by atoms with Gasteiger partial charge in [0.05, 0.1) is 51.0 Å². The van der Waals surface area contributed by atoms with Gasteiger partial charge in [0.15, 0.2) is 17.3 Å². The summed E-state index contributed by atoms with van der Waals surface area (Å²) in [4.78, 5) is 63.8. The number of allylic oxidation sites excluding steroid dienone is 2. The molecule has 0 spiro atoms. The number of anilines is 1. The first-order valence-electron chi connectivity index (χ1n) is 17.5. The van der Waals surface area contributed by atoms with Crippen molar-refractivity contribution in [3.63, 3.8) is 0 Å². The molecule has 2 aliphatic carbocycles. The molecule has 10 nitrogen and oxygen atoms in total. The van der Waals surface area contributed by atoms with Crippen LogP contribution in [0.4, 0.5) is 19.0 Å². The molecule has 56 heavy (non-hydrogen) atoms. The van der Waals surface area contributed by atoms with Crippen LogP contribution in [-0.4, -0.2) is 50.7 Å². The van der Waals surface area contributed by atoms with Crippen LogP contribution in [0.1, 0.15) is 41.0 Å². The molecular formula is C40H30Cl2F3IN4O6. The Kier molecular flexibility index (Phi) is 9.60. The second kappa shape index (κ2) is 14.1. The van der Waals surface area contributed by atoms with Crippen LogP contribution in [-0.2, 0) is 37.3 Å². The second-order valence-corrected chi connectivity index (χ2v) is 16.2. The van der Waals surface area contributed by atoms with E-state index in [4.69, 9.17) is 27.9 Å². The van der Waals surface area contributed by atoms with E-state index < -0.39 is 63.6 Å². The number of nitrogens with zero attached hydrogens (tertiary/aromatic N) is 3. The number of phenolic OH excluding ortho intramolecular Hbond substituents is 1. The van der Waals surface area contributed by atoms with Gasteiger partial charge in [-0.2, -0.15) is 18.2 Å². The number of fused-ring (bicyclic) bond motifs is 4. The third-order valence-electron chi connectivity index (χ3n) is 11.4. The van der Waals surface area contributed by atoms with Gasteiger partial charge in [0.25, 0.3) is 11.8 Å². The lowest BCUT2D eigenvalue weighted by atomic mass is 9.49. The predicted octanol–water partition coefficient (Wildman–Crippen LogP) is 7.91. The molecule has 2 aliphatic heterocycles. The number of hydrogen-bond acceptors (Lipinski definition) is 8. The topological polar surface area (TPSA) is 129 Å². The summed E-state index contributed by atoms with van der Waals surface area (Å²) in [7, 11) is 1.38. The van der Waals surface area contributed by atoms with E-state index in [-0.39, 0.29) is 48.5 Å². The van der Waals surface area contributed by atoms with Crippen LogP contribution in [0.15, 0.2) is 90.6 Å². The first-order valence-corrected chi connectivity index (χ1v) is 19.3. The highest BCUT2D eigenvalue weighted by Gasteiger charge is 2.70. The van der Waals surface area contributed by atoms with Crippen molar-refractivity contribution in [3.8, 4) is 11.5 Å². The van der Waals surface area contributed by atoms with E-state index in [1.165, 1.54) is 12.0 Å². The number of benzene rings is 3. The molecule has 0 radical (unpaired) electrons. The lowest BCUT2D eigenvalue weighted by Gasteiger charge is -2.50. The number of alkyl halides is 3. The highest BCUT2D eigenvalue weighted by molar-refractivity contribution is 14.1. The molecule has 3 fully saturated rings. The number of likely N-dealkylation sites (tertiary alicyclic amines) is 1. The zero-order chi connectivity index (χ0) is 39.8. The molecule has 4 amide bonds. The van der Waals surface area contributed by atoms with Gasteiger partial charge in [-0.1, -0.05) is 77.3 Å². The van der Waals surface area contributed by atoms with Crippen molar-refractivity contribution in [2.24, 2.45) is 23.7 Å².